The molecule has 0 unspecified atom stereocenters. The molecule has 0 aliphatic rings. The van der Waals surface area contributed by atoms with E-state index in [-0.39, 0.29) is 23.2 Å². The van der Waals surface area contributed by atoms with Crippen LogP contribution in [0.4, 0.5) is 5.95 Å². The van der Waals surface area contributed by atoms with Crippen LogP contribution >= 0.6 is 0 Å². The van der Waals surface area contributed by atoms with Crippen molar-refractivity contribution in [1.82, 2.24) is 9.97 Å². The maximum absolute atomic E-state index is 11.5. The molecule has 0 spiro atoms. The van der Waals surface area contributed by atoms with Gasteiger partial charge in [0.05, 0.1) is 11.9 Å². The monoisotopic (exact) mass is 272 g/mol. The first-order valence-corrected chi connectivity index (χ1v) is 6.24. The Morgan fingerprint density at radius 2 is 2.15 bits per heavy atom. The van der Waals surface area contributed by atoms with Gasteiger partial charge in [0, 0.05) is 11.6 Å². The van der Waals surface area contributed by atoms with Gasteiger partial charge in [0.15, 0.2) is 0 Å². The molecule has 2 rings (SSSR count). The summed E-state index contributed by atoms with van der Waals surface area (Å²) in [5.74, 6) is 0.559. The molecular formula is C14H16N4O2. The van der Waals surface area contributed by atoms with Crippen molar-refractivity contribution in [2.75, 3.05) is 5.43 Å². The van der Waals surface area contributed by atoms with Gasteiger partial charge in [-0.2, -0.15) is 5.10 Å². The molecule has 0 atom stereocenters. The quantitative estimate of drug-likeness (QED) is 0.587. The van der Waals surface area contributed by atoms with Crippen molar-refractivity contribution in [3.63, 3.8) is 0 Å². The Morgan fingerprint density at radius 1 is 1.40 bits per heavy atom. The number of phenols is 1. The highest BCUT2D eigenvalue weighted by Crippen LogP contribution is 2.13. The van der Waals surface area contributed by atoms with Crippen molar-refractivity contribution in [3.8, 4) is 5.75 Å². The Morgan fingerprint density at radius 3 is 2.85 bits per heavy atom. The van der Waals surface area contributed by atoms with Gasteiger partial charge in [-0.1, -0.05) is 26.0 Å². The van der Waals surface area contributed by atoms with Crippen molar-refractivity contribution in [2.45, 2.75) is 19.8 Å². The average molecular weight is 272 g/mol. The van der Waals surface area contributed by atoms with E-state index in [4.69, 9.17) is 0 Å². The number of H-pyrrole nitrogens is 1. The molecule has 0 amide bonds. The fraction of sp³-hybridized carbons (Fsp3) is 0.214. The fourth-order valence-corrected chi connectivity index (χ4v) is 1.58. The summed E-state index contributed by atoms with van der Waals surface area (Å²) >= 11 is 0. The molecule has 0 aliphatic carbocycles. The number of benzene rings is 1. The first-order valence-electron chi connectivity index (χ1n) is 6.24. The molecule has 0 saturated carbocycles. The Kier molecular flexibility index (Phi) is 4.14. The summed E-state index contributed by atoms with van der Waals surface area (Å²) in [5, 5.41) is 13.5. The number of para-hydroxylation sites is 1. The Bertz CT molecular complexity index is 677. The number of aromatic amines is 1. The third-order valence-corrected chi connectivity index (χ3v) is 2.66. The van der Waals surface area contributed by atoms with Crippen molar-refractivity contribution >= 4 is 12.2 Å². The van der Waals surface area contributed by atoms with Crippen molar-refractivity contribution in [3.05, 3.63) is 51.9 Å². The third kappa shape index (κ3) is 3.44. The number of hydrogen-bond donors (Lipinski definition) is 3. The van der Waals surface area contributed by atoms with Crippen LogP contribution in [0.25, 0.3) is 0 Å². The van der Waals surface area contributed by atoms with E-state index in [0.29, 0.717) is 11.3 Å². The predicted molar refractivity (Wildman–Crippen MR) is 78.3 cm³/mol. The van der Waals surface area contributed by atoms with Gasteiger partial charge in [0.2, 0.25) is 5.95 Å². The maximum atomic E-state index is 11.5. The number of rotatable bonds is 4. The van der Waals surface area contributed by atoms with Crippen molar-refractivity contribution < 1.29 is 5.11 Å². The SMILES string of the molecule is CC(C)c1cc(=O)[nH]c(N/N=C\c2ccccc2O)n1. The molecule has 0 bridgehead atoms. The number of anilines is 1. The molecule has 0 radical (unpaired) electrons. The van der Waals surface area contributed by atoms with Crippen LogP contribution in [-0.4, -0.2) is 21.3 Å². The van der Waals surface area contributed by atoms with Gasteiger partial charge in [0.1, 0.15) is 5.75 Å². The summed E-state index contributed by atoms with van der Waals surface area (Å²) < 4.78 is 0. The topological polar surface area (TPSA) is 90.4 Å². The van der Waals surface area contributed by atoms with Crippen LogP contribution in [0.1, 0.15) is 31.0 Å². The molecule has 2 aromatic rings. The normalized spacial score (nSPS) is 11.2. The number of nitrogens with one attached hydrogen (secondary N) is 2. The number of hydrogen-bond acceptors (Lipinski definition) is 5. The van der Waals surface area contributed by atoms with E-state index < -0.39 is 0 Å². The highest BCUT2D eigenvalue weighted by atomic mass is 16.3. The Balaban J connectivity index is 2.15. The zero-order valence-corrected chi connectivity index (χ0v) is 11.3. The van der Waals surface area contributed by atoms with Crippen LogP contribution in [0.3, 0.4) is 0 Å². The largest absolute Gasteiger partial charge is 0.507 e. The second kappa shape index (κ2) is 6.01. The number of aromatic nitrogens is 2. The molecule has 1 aromatic heterocycles. The van der Waals surface area contributed by atoms with E-state index in [0.717, 1.165) is 0 Å². The minimum Gasteiger partial charge on any atom is -0.507 e. The summed E-state index contributed by atoms with van der Waals surface area (Å²) in [5.41, 5.74) is 3.68. The molecule has 1 heterocycles. The molecule has 6 nitrogen and oxygen atoms in total. The minimum absolute atomic E-state index is 0.135. The highest BCUT2D eigenvalue weighted by Gasteiger charge is 2.04. The number of phenolic OH excluding ortho intramolecular Hbond substituents is 1. The molecule has 20 heavy (non-hydrogen) atoms. The molecule has 3 N–H and O–H groups in total. The summed E-state index contributed by atoms with van der Waals surface area (Å²) in [6.45, 7) is 3.91. The van der Waals surface area contributed by atoms with Gasteiger partial charge in [-0.3, -0.25) is 9.78 Å². The molecule has 0 aliphatic heterocycles. The van der Waals surface area contributed by atoms with Gasteiger partial charge in [-0.15, -0.1) is 0 Å². The smallest absolute Gasteiger partial charge is 0.252 e. The van der Waals surface area contributed by atoms with Crippen molar-refractivity contribution in [1.29, 1.82) is 0 Å². The second-order valence-electron chi connectivity index (χ2n) is 4.60. The van der Waals surface area contributed by atoms with Gasteiger partial charge in [-0.05, 0) is 18.1 Å². The summed E-state index contributed by atoms with van der Waals surface area (Å²) in [7, 11) is 0. The summed E-state index contributed by atoms with van der Waals surface area (Å²) in [4.78, 5) is 18.3. The Labute approximate surface area is 116 Å². The van der Waals surface area contributed by atoms with E-state index in [1.807, 2.05) is 13.8 Å². The zero-order valence-electron chi connectivity index (χ0n) is 11.3. The van der Waals surface area contributed by atoms with Gasteiger partial charge in [-0.25, -0.2) is 10.4 Å². The number of aromatic hydroxyl groups is 1. The maximum Gasteiger partial charge on any atom is 0.252 e. The van der Waals surface area contributed by atoms with E-state index in [2.05, 4.69) is 20.5 Å². The van der Waals surface area contributed by atoms with E-state index in [9.17, 15) is 9.90 Å². The van der Waals surface area contributed by atoms with Crippen LogP contribution in [-0.2, 0) is 0 Å². The number of nitrogens with zero attached hydrogens (tertiary/aromatic N) is 2. The lowest BCUT2D eigenvalue weighted by atomic mass is 10.1. The lowest BCUT2D eigenvalue weighted by molar-refractivity contribution is 0.474. The van der Waals surface area contributed by atoms with Crippen LogP contribution in [0.2, 0.25) is 0 Å². The van der Waals surface area contributed by atoms with Crippen LogP contribution in [0.15, 0.2) is 40.2 Å². The molecule has 104 valence electrons. The lowest BCUT2D eigenvalue weighted by Gasteiger charge is -2.05. The van der Waals surface area contributed by atoms with Gasteiger partial charge in [0.25, 0.3) is 5.56 Å². The summed E-state index contributed by atoms with van der Waals surface area (Å²) in [6.07, 6.45) is 1.46. The standard InChI is InChI=1S/C14H16N4O2/c1-9(2)11-7-13(20)17-14(16-11)18-15-8-10-5-3-4-6-12(10)19/h3-9,19H,1-2H3,(H2,16,17,18,20)/b15-8-. The molecule has 6 heteroatoms. The van der Waals surface area contributed by atoms with E-state index in [1.165, 1.54) is 12.3 Å². The first kappa shape index (κ1) is 13.8. The summed E-state index contributed by atoms with van der Waals surface area (Å²) in [6, 6.07) is 8.27. The molecule has 0 fully saturated rings. The van der Waals surface area contributed by atoms with Crippen LogP contribution in [0.5, 0.6) is 5.75 Å². The molecule has 0 saturated heterocycles. The van der Waals surface area contributed by atoms with Crippen molar-refractivity contribution in [2.24, 2.45) is 5.10 Å². The zero-order chi connectivity index (χ0) is 14.5. The minimum atomic E-state index is -0.232. The molecule has 1 aromatic carbocycles. The van der Waals surface area contributed by atoms with E-state index in [1.54, 1.807) is 24.3 Å². The van der Waals surface area contributed by atoms with Crippen LogP contribution in [0, 0.1) is 0 Å². The third-order valence-electron chi connectivity index (χ3n) is 2.66. The number of hydrazone groups is 1. The molecular weight excluding hydrogens is 256 g/mol. The average Bonchev–Trinajstić information content (AvgIpc) is 2.40. The predicted octanol–water partition coefficient (Wildman–Crippen LogP) is 2.04. The first-order chi connectivity index (χ1) is 9.56. The van der Waals surface area contributed by atoms with Gasteiger partial charge >= 0.3 is 0 Å². The van der Waals surface area contributed by atoms with E-state index >= 15 is 0 Å². The lowest BCUT2D eigenvalue weighted by Crippen LogP contribution is -2.12. The van der Waals surface area contributed by atoms with Gasteiger partial charge < -0.3 is 5.11 Å². The fourth-order valence-electron chi connectivity index (χ4n) is 1.58. The highest BCUT2D eigenvalue weighted by molar-refractivity contribution is 5.83. The Hall–Kier alpha value is -2.63. The second-order valence-corrected chi connectivity index (χ2v) is 4.60. The van der Waals surface area contributed by atoms with Crippen LogP contribution < -0.4 is 11.0 Å².